The Kier molecular flexibility index (Phi) is 5.23. The maximum Gasteiger partial charge on any atom is 0.261 e. The van der Waals surface area contributed by atoms with Crippen molar-refractivity contribution in [3.05, 3.63) is 60.4 Å². The van der Waals surface area contributed by atoms with Gasteiger partial charge in [-0.15, -0.1) is 0 Å². The summed E-state index contributed by atoms with van der Waals surface area (Å²) < 4.78 is 5.64. The number of nitrogens with zero attached hydrogens (tertiary/aromatic N) is 3. The van der Waals surface area contributed by atoms with E-state index < -0.39 is 0 Å². The molecule has 7 heteroatoms. The molecule has 4 rings (SSSR count). The van der Waals surface area contributed by atoms with Crippen LogP contribution < -0.4 is 10.5 Å². The van der Waals surface area contributed by atoms with Crippen LogP contribution in [0.1, 0.15) is 31.1 Å². The molecule has 0 bridgehead atoms. The molecule has 0 saturated carbocycles. The number of para-hydroxylation sites is 1. The highest BCUT2D eigenvalue weighted by atomic mass is 16.5. The van der Waals surface area contributed by atoms with E-state index in [0.29, 0.717) is 29.6 Å². The number of ether oxygens (including phenoxy) is 1. The van der Waals surface area contributed by atoms with E-state index in [4.69, 9.17) is 10.5 Å². The molecular formula is C21H23N5O2. The molecule has 0 aliphatic carbocycles. The molecule has 0 spiro atoms. The van der Waals surface area contributed by atoms with Crippen molar-refractivity contribution in [2.45, 2.75) is 25.3 Å². The molecule has 1 aromatic heterocycles. The van der Waals surface area contributed by atoms with Crippen molar-refractivity contribution >= 4 is 11.6 Å². The lowest BCUT2D eigenvalue weighted by molar-refractivity contribution is -0.137. The van der Waals surface area contributed by atoms with Crippen LogP contribution in [0.3, 0.4) is 0 Å². The average molecular weight is 377 g/mol. The van der Waals surface area contributed by atoms with Gasteiger partial charge in [0.2, 0.25) is 0 Å². The fourth-order valence-corrected chi connectivity index (χ4v) is 3.49. The molecule has 1 unspecified atom stereocenters. The zero-order valence-electron chi connectivity index (χ0n) is 15.5. The lowest BCUT2D eigenvalue weighted by Crippen LogP contribution is -2.41. The van der Waals surface area contributed by atoms with Gasteiger partial charge in [0.1, 0.15) is 11.6 Å². The second kappa shape index (κ2) is 8.12. The van der Waals surface area contributed by atoms with Crippen LogP contribution >= 0.6 is 0 Å². The van der Waals surface area contributed by atoms with Crippen LogP contribution in [0, 0.1) is 0 Å². The Bertz CT molecular complexity index is 941. The molecule has 2 aromatic carbocycles. The number of likely N-dealkylation sites (tertiary alicyclic amines) is 1. The number of anilines is 1. The Labute approximate surface area is 163 Å². The van der Waals surface area contributed by atoms with Gasteiger partial charge in [-0.1, -0.05) is 30.3 Å². The minimum Gasteiger partial charge on any atom is -0.484 e. The van der Waals surface area contributed by atoms with E-state index >= 15 is 0 Å². The standard InChI is InChI=1S/C21H23N5O2/c22-16-8-6-7-15(13-16)20-23-21(25-24-20)18-11-4-5-12-26(18)19(27)14-28-17-9-2-1-3-10-17/h1-3,6-10,13,18H,4-5,11-12,14,22H2,(H,23,24,25). The van der Waals surface area contributed by atoms with E-state index in [9.17, 15) is 4.79 Å². The number of nitrogens with two attached hydrogens (primary N) is 1. The van der Waals surface area contributed by atoms with Gasteiger partial charge < -0.3 is 15.4 Å². The predicted octanol–water partition coefficient (Wildman–Crippen LogP) is 3.19. The monoisotopic (exact) mass is 377 g/mol. The predicted molar refractivity (Wildman–Crippen MR) is 106 cm³/mol. The summed E-state index contributed by atoms with van der Waals surface area (Å²) in [6, 6.07) is 16.7. The van der Waals surface area contributed by atoms with E-state index in [1.807, 2.05) is 59.5 Å². The van der Waals surface area contributed by atoms with Crippen LogP contribution in [0.15, 0.2) is 54.6 Å². The Balaban J connectivity index is 1.48. The summed E-state index contributed by atoms with van der Waals surface area (Å²) in [6.45, 7) is 0.701. The SMILES string of the molecule is Nc1cccc(-c2n[nH]c(C3CCCCN3C(=O)COc3ccccc3)n2)c1. The number of nitrogen functional groups attached to an aromatic ring is 1. The number of nitrogens with one attached hydrogen (secondary N) is 1. The smallest absolute Gasteiger partial charge is 0.261 e. The minimum absolute atomic E-state index is 0.0106. The van der Waals surface area contributed by atoms with Gasteiger partial charge >= 0.3 is 0 Å². The first-order chi connectivity index (χ1) is 13.7. The van der Waals surface area contributed by atoms with Crippen molar-refractivity contribution in [3.8, 4) is 17.1 Å². The molecule has 7 nitrogen and oxygen atoms in total. The summed E-state index contributed by atoms with van der Waals surface area (Å²) in [5, 5.41) is 7.34. The van der Waals surface area contributed by atoms with Gasteiger partial charge in [-0.05, 0) is 43.5 Å². The first-order valence-electron chi connectivity index (χ1n) is 9.46. The van der Waals surface area contributed by atoms with Gasteiger partial charge in [-0.3, -0.25) is 9.89 Å². The van der Waals surface area contributed by atoms with E-state index in [-0.39, 0.29) is 18.6 Å². The lowest BCUT2D eigenvalue weighted by Gasteiger charge is -2.34. The van der Waals surface area contributed by atoms with Crippen molar-refractivity contribution in [2.24, 2.45) is 0 Å². The molecule has 1 atom stereocenters. The highest BCUT2D eigenvalue weighted by Gasteiger charge is 2.30. The first kappa shape index (κ1) is 18.0. The number of hydrogen-bond donors (Lipinski definition) is 2. The van der Waals surface area contributed by atoms with Gasteiger partial charge in [-0.25, -0.2) is 4.98 Å². The average Bonchev–Trinajstić information content (AvgIpc) is 3.23. The van der Waals surface area contributed by atoms with Gasteiger partial charge in [0.25, 0.3) is 5.91 Å². The Morgan fingerprint density at radius 2 is 2.04 bits per heavy atom. The molecule has 28 heavy (non-hydrogen) atoms. The molecule has 1 aliphatic rings. The Morgan fingerprint density at radius 3 is 2.86 bits per heavy atom. The van der Waals surface area contributed by atoms with E-state index in [0.717, 1.165) is 24.8 Å². The van der Waals surface area contributed by atoms with Crippen LogP contribution in [0.4, 0.5) is 5.69 Å². The second-order valence-corrected chi connectivity index (χ2v) is 6.87. The van der Waals surface area contributed by atoms with Gasteiger partial charge in [0, 0.05) is 17.8 Å². The number of carbonyl (C=O) groups excluding carboxylic acids is 1. The summed E-state index contributed by atoms with van der Waals surface area (Å²) in [5.74, 6) is 1.93. The second-order valence-electron chi connectivity index (χ2n) is 6.87. The number of aromatic amines is 1. The number of hydrogen-bond acceptors (Lipinski definition) is 5. The summed E-state index contributed by atoms with van der Waals surface area (Å²) in [7, 11) is 0. The van der Waals surface area contributed by atoms with Gasteiger partial charge in [0.05, 0.1) is 6.04 Å². The molecule has 0 radical (unpaired) electrons. The molecule has 1 aliphatic heterocycles. The quantitative estimate of drug-likeness (QED) is 0.666. The molecule has 1 saturated heterocycles. The number of rotatable bonds is 5. The van der Waals surface area contributed by atoms with Crippen molar-refractivity contribution in [1.29, 1.82) is 0 Å². The van der Waals surface area contributed by atoms with Crippen LogP contribution in [0.2, 0.25) is 0 Å². The van der Waals surface area contributed by atoms with Crippen LogP contribution in [0.25, 0.3) is 11.4 Å². The van der Waals surface area contributed by atoms with Crippen LogP contribution in [0.5, 0.6) is 5.75 Å². The number of carbonyl (C=O) groups is 1. The fourth-order valence-electron chi connectivity index (χ4n) is 3.49. The van der Waals surface area contributed by atoms with E-state index in [1.165, 1.54) is 0 Å². The first-order valence-corrected chi connectivity index (χ1v) is 9.46. The summed E-state index contributed by atoms with van der Waals surface area (Å²) in [5.41, 5.74) is 7.37. The third-order valence-corrected chi connectivity index (χ3v) is 4.89. The number of benzene rings is 2. The largest absolute Gasteiger partial charge is 0.484 e. The summed E-state index contributed by atoms with van der Waals surface area (Å²) in [4.78, 5) is 19.3. The molecule has 144 valence electrons. The van der Waals surface area contributed by atoms with E-state index in [2.05, 4.69) is 15.2 Å². The summed E-state index contributed by atoms with van der Waals surface area (Å²) >= 11 is 0. The van der Waals surface area contributed by atoms with Crippen molar-refractivity contribution < 1.29 is 9.53 Å². The molecule has 3 aromatic rings. The molecule has 2 heterocycles. The number of H-pyrrole nitrogens is 1. The number of aromatic nitrogens is 3. The number of piperidine rings is 1. The zero-order valence-corrected chi connectivity index (χ0v) is 15.5. The molecular weight excluding hydrogens is 354 g/mol. The minimum atomic E-state index is -0.122. The zero-order chi connectivity index (χ0) is 19.3. The molecule has 3 N–H and O–H groups in total. The van der Waals surface area contributed by atoms with E-state index in [1.54, 1.807) is 0 Å². The molecule has 1 fully saturated rings. The van der Waals surface area contributed by atoms with Gasteiger partial charge in [-0.2, -0.15) is 5.10 Å². The third kappa shape index (κ3) is 3.98. The number of amides is 1. The highest BCUT2D eigenvalue weighted by molar-refractivity contribution is 5.78. The highest BCUT2D eigenvalue weighted by Crippen LogP contribution is 2.30. The van der Waals surface area contributed by atoms with Gasteiger partial charge in [0.15, 0.2) is 12.4 Å². The van der Waals surface area contributed by atoms with Crippen molar-refractivity contribution in [1.82, 2.24) is 20.1 Å². The normalized spacial score (nSPS) is 16.7. The maximum absolute atomic E-state index is 12.8. The lowest BCUT2D eigenvalue weighted by atomic mass is 10.0. The maximum atomic E-state index is 12.8. The Hall–Kier alpha value is -3.35. The Morgan fingerprint density at radius 1 is 1.18 bits per heavy atom. The van der Waals surface area contributed by atoms with Crippen LogP contribution in [-0.4, -0.2) is 39.1 Å². The topological polar surface area (TPSA) is 97.1 Å². The third-order valence-electron chi connectivity index (χ3n) is 4.89. The molecule has 1 amide bonds. The van der Waals surface area contributed by atoms with Crippen LogP contribution in [-0.2, 0) is 4.79 Å². The van der Waals surface area contributed by atoms with Crippen molar-refractivity contribution in [2.75, 3.05) is 18.9 Å². The fraction of sp³-hybridized carbons (Fsp3) is 0.286. The van der Waals surface area contributed by atoms with Crippen molar-refractivity contribution in [3.63, 3.8) is 0 Å². The summed E-state index contributed by atoms with van der Waals surface area (Å²) in [6.07, 6.45) is 2.87.